The van der Waals surface area contributed by atoms with Crippen molar-refractivity contribution in [3.63, 3.8) is 0 Å². The van der Waals surface area contributed by atoms with Gasteiger partial charge < -0.3 is 20.0 Å². The summed E-state index contributed by atoms with van der Waals surface area (Å²) in [6.45, 7) is 8.58. The number of fused-ring (bicyclic) bond motifs is 1. The molecule has 1 N–H and O–H groups in total. The molecule has 0 atom stereocenters. The average molecular weight is 547 g/mol. The normalized spacial score (nSPS) is 16.4. The number of anilines is 3. The van der Waals surface area contributed by atoms with Crippen LogP contribution in [-0.4, -0.2) is 49.3 Å². The van der Waals surface area contributed by atoms with Crippen molar-refractivity contribution in [2.45, 2.75) is 65.8 Å². The van der Waals surface area contributed by atoms with E-state index in [1.165, 1.54) is 4.90 Å². The molecular formula is C32H42N4O4. The second-order valence-corrected chi connectivity index (χ2v) is 11.8. The number of carbonyl (C=O) groups excluding carboxylic acids is 4. The van der Waals surface area contributed by atoms with E-state index in [-0.39, 0.29) is 24.3 Å². The summed E-state index contributed by atoms with van der Waals surface area (Å²) in [7, 11) is 0. The minimum absolute atomic E-state index is 0.123. The van der Waals surface area contributed by atoms with E-state index >= 15 is 0 Å². The SMILES string of the molecule is CC(C)CN1C(=O)C(NC(=O)CN(C(=O)CC2CCCC2)c2ccccc2)C(=O)N(CC(C)C)c2ccccc21. The van der Waals surface area contributed by atoms with Gasteiger partial charge in [0.15, 0.2) is 6.04 Å². The van der Waals surface area contributed by atoms with E-state index in [1.807, 2.05) is 70.2 Å². The molecule has 0 unspecified atom stereocenters. The standard InChI is InChI=1S/C32H42N4O4/c1-22(2)19-35-26-16-10-11-17-27(26)36(20-23(3)4)32(40)30(31(35)39)33-28(37)21-34(25-14-6-5-7-15-25)29(38)18-24-12-8-9-13-24/h5-7,10-11,14-17,22-24,30H,8-9,12-13,18-21H2,1-4H3,(H,33,37). The van der Waals surface area contributed by atoms with Crippen LogP contribution in [0.1, 0.15) is 59.8 Å². The molecule has 4 amide bonds. The first kappa shape index (κ1) is 29.3. The molecule has 1 heterocycles. The van der Waals surface area contributed by atoms with E-state index in [0.29, 0.717) is 42.5 Å². The number of rotatable bonds is 10. The quantitative estimate of drug-likeness (QED) is 0.435. The summed E-state index contributed by atoms with van der Waals surface area (Å²) in [4.78, 5) is 59.5. The van der Waals surface area contributed by atoms with Gasteiger partial charge >= 0.3 is 0 Å². The first-order valence-corrected chi connectivity index (χ1v) is 14.5. The zero-order valence-corrected chi connectivity index (χ0v) is 24.1. The Morgan fingerprint density at radius 1 is 0.825 bits per heavy atom. The second-order valence-electron chi connectivity index (χ2n) is 11.8. The smallest absolute Gasteiger partial charge is 0.259 e. The zero-order valence-electron chi connectivity index (χ0n) is 24.1. The Bertz CT molecular complexity index is 1160. The largest absolute Gasteiger partial charge is 0.335 e. The Morgan fingerprint density at radius 3 is 1.82 bits per heavy atom. The molecule has 8 heteroatoms. The van der Waals surface area contributed by atoms with E-state index in [2.05, 4.69) is 5.32 Å². The predicted octanol–water partition coefficient (Wildman–Crippen LogP) is 4.78. The number of nitrogens with one attached hydrogen (secondary N) is 1. The van der Waals surface area contributed by atoms with Crippen molar-refractivity contribution < 1.29 is 19.2 Å². The van der Waals surface area contributed by atoms with Gasteiger partial charge in [0.25, 0.3) is 11.8 Å². The monoisotopic (exact) mass is 546 g/mol. The van der Waals surface area contributed by atoms with Crippen LogP contribution in [0, 0.1) is 17.8 Å². The Balaban J connectivity index is 1.61. The average Bonchev–Trinajstić information content (AvgIpc) is 3.42. The Kier molecular flexibility index (Phi) is 9.61. The third kappa shape index (κ3) is 6.90. The molecule has 0 aromatic heterocycles. The lowest BCUT2D eigenvalue weighted by Gasteiger charge is -2.28. The molecule has 0 spiro atoms. The number of para-hydroxylation sites is 3. The summed E-state index contributed by atoms with van der Waals surface area (Å²) in [5.41, 5.74) is 1.93. The Hall–Kier alpha value is -3.68. The summed E-state index contributed by atoms with van der Waals surface area (Å²) in [5.74, 6) is -0.996. The highest BCUT2D eigenvalue weighted by Crippen LogP contribution is 2.34. The fourth-order valence-electron chi connectivity index (χ4n) is 5.66. The summed E-state index contributed by atoms with van der Waals surface area (Å²) in [5, 5.41) is 2.73. The van der Waals surface area contributed by atoms with E-state index in [9.17, 15) is 19.2 Å². The molecule has 0 saturated heterocycles. The molecular weight excluding hydrogens is 504 g/mol. The summed E-state index contributed by atoms with van der Waals surface area (Å²) in [6.07, 6.45) is 4.66. The first-order valence-electron chi connectivity index (χ1n) is 14.5. The van der Waals surface area contributed by atoms with Crippen LogP contribution >= 0.6 is 0 Å². The van der Waals surface area contributed by atoms with E-state index in [0.717, 1.165) is 25.7 Å². The zero-order chi connectivity index (χ0) is 28.8. The van der Waals surface area contributed by atoms with Crippen LogP contribution in [0.4, 0.5) is 17.1 Å². The maximum absolute atomic E-state index is 13.9. The number of amides is 4. The molecule has 1 aliphatic carbocycles. The highest BCUT2D eigenvalue weighted by molar-refractivity contribution is 6.21. The second kappa shape index (κ2) is 13.1. The lowest BCUT2D eigenvalue weighted by atomic mass is 10.0. The van der Waals surface area contributed by atoms with E-state index in [1.54, 1.807) is 21.9 Å². The van der Waals surface area contributed by atoms with Gasteiger partial charge in [0, 0.05) is 25.2 Å². The van der Waals surface area contributed by atoms with Crippen molar-refractivity contribution in [1.82, 2.24) is 5.32 Å². The molecule has 4 rings (SSSR count). The van der Waals surface area contributed by atoms with Crippen molar-refractivity contribution in [1.29, 1.82) is 0 Å². The Labute approximate surface area is 237 Å². The van der Waals surface area contributed by atoms with E-state index < -0.39 is 23.8 Å². The lowest BCUT2D eigenvalue weighted by Crippen LogP contribution is -2.57. The number of nitrogens with zero attached hydrogens (tertiary/aromatic N) is 3. The molecule has 8 nitrogen and oxygen atoms in total. The molecule has 214 valence electrons. The molecule has 40 heavy (non-hydrogen) atoms. The van der Waals surface area contributed by atoms with Crippen LogP contribution in [0.2, 0.25) is 0 Å². The van der Waals surface area contributed by atoms with Gasteiger partial charge in [0.1, 0.15) is 6.54 Å². The fraction of sp³-hybridized carbons (Fsp3) is 0.500. The maximum atomic E-state index is 13.9. The van der Waals surface area contributed by atoms with Gasteiger partial charge in [-0.2, -0.15) is 0 Å². The van der Waals surface area contributed by atoms with Crippen LogP contribution < -0.4 is 20.0 Å². The summed E-state index contributed by atoms with van der Waals surface area (Å²) < 4.78 is 0. The Morgan fingerprint density at radius 2 is 1.32 bits per heavy atom. The summed E-state index contributed by atoms with van der Waals surface area (Å²) in [6, 6.07) is 15.1. The van der Waals surface area contributed by atoms with Crippen molar-refractivity contribution in [3.05, 3.63) is 54.6 Å². The number of benzene rings is 2. The molecule has 2 aliphatic rings. The van der Waals surface area contributed by atoms with Crippen LogP contribution in [-0.2, 0) is 19.2 Å². The highest BCUT2D eigenvalue weighted by Gasteiger charge is 2.41. The van der Waals surface area contributed by atoms with Crippen LogP contribution in [0.25, 0.3) is 0 Å². The molecule has 1 fully saturated rings. The number of hydrogen-bond donors (Lipinski definition) is 1. The minimum Gasteiger partial charge on any atom is -0.335 e. The molecule has 0 radical (unpaired) electrons. The van der Waals surface area contributed by atoms with Gasteiger partial charge in [0.05, 0.1) is 11.4 Å². The van der Waals surface area contributed by atoms with Crippen molar-refractivity contribution in [2.24, 2.45) is 17.8 Å². The van der Waals surface area contributed by atoms with Gasteiger partial charge in [-0.25, -0.2) is 0 Å². The van der Waals surface area contributed by atoms with Crippen molar-refractivity contribution in [2.75, 3.05) is 34.3 Å². The summed E-state index contributed by atoms with van der Waals surface area (Å²) >= 11 is 0. The minimum atomic E-state index is -1.39. The fourth-order valence-corrected chi connectivity index (χ4v) is 5.66. The first-order chi connectivity index (χ1) is 19.2. The maximum Gasteiger partial charge on any atom is 0.259 e. The van der Waals surface area contributed by atoms with Crippen molar-refractivity contribution >= 4 is 40.7 Å². The number of carbonyl (C=O) groups is 4. The van der Waals surface area contributed by atoms with Gasteiger partial charge in [-0.05, 0) is 54.9 Å². The van der Waals surface area contributed by atoms with Gasteiger partial charge in [0.2, 0.25) is 11.8 Å². The van der Waals surface area contributed by atoms with Crippen LogP contribution in [0.15, 0.2) is 54.6 Å². The lowest BCUT2D eigenvalue weighted by molar-refractivity contribution is -0.134. The highest BCUT2D eigenvalue weighted by atomic mass is 16.2. The third-order valence-corrected chi connectivity index (χ3v) is 7.50. The van der Waals surface area contributed by atoms with Crippen molar-refractivity contribution in [3.8, 4) is 0 Å². The van der Waals surface area contributed by atoms with Gasteiger partial charge in [-0.15, -0.1) is 0 Å². The molecule has 0 bridgehead atoms. The van der Waals surface area contributed by atoms with Crippen LogP contribution in [0.5, 0.6) is 0 Å². The van der Waals surface area contributed by atoms with E-state index in [4.69, 9.17) is 0 Å². The van der Waals surface area contributed by atoms with Crippen LogP contribution in [0.3, 0.4) is 0 Å². The molecule has 1 aliphatic heterocycles. The molecule has 2 aromatic rings. The predicted molar refractivity (Wildman–Crippen MR) is 158 cm³/mol. The van der Waals surface area contributed by atoms with Gasteiger partial charge in [-0.3, -0.25) is 19.2 Å². The molecule has 2 aromatic carbocycles. The topological polar surface area (TPSA) is 90.0 Å². The molecule has 1 saturated carbocycles. The third-order valence-electron chi connectivity index (χ3n) is 7.50. The number of hydrogen-bond acceptors (Lipinski definition) is 4. The van der Waals surface area contributed by atoms with Gasteiger partial charge in [-0.1, -0.05) is 70.9 Å².